The second-order valence-corrected chi connectivity index (χ2v) is 11.1. The number of carboxylic acid groups (broad SMARTS) is 1. The number of carbonyl (C=O) groups excluding carboxylic acids is 3. The van der Waals surface area contributed by atoms with Crippen molar-refractivity contribution in [1.82, 2.24) is 16.0 Å². The van der Waals surface area contributed by atoms with Gasteiger partial charge in [0.15, 0.2) is 0 Å². The van der Waals surface area contributed by atoms with Crippen molar-refractivity contribution in [2.45, 2.75) is 49.9 Å². The molecule has 4 unspecified atom stereocenters. The molecule has 0 spiro atoms. The number of benzene rings is 1. The van der Waals surface area contributed by atoms with E-state index in [0.717, 1.165) is 5.56 Å². The van der Waals surface area contributed by atoms with Crippen LogP contribution < -0.4 is 21.7 Å². The molecule has 0 saturated heterocycles. The fraction of sp³-hybridized carbons (Fsp3) is 0.583. The molecule has 1 aromatic carbocycles. The van der Waals surface area contributed by atoms with Crippen LogP contribution in [0.2, 0.25) is 0 Å². The number of hydrogen-bond donors (Lipinski definition) is 5. The highest BCUT2D eigenvalue weighted by molar-refractivity contribution is 7.98. The van der Waals surface area contributed by atoms with Crippen LogP contribution in [0.3, 0.4) is 0 Å². The average molecular weight is 559 g/mol. The summed E-state index contributed by atoms with van der Waals surface area (Å²) in [6.45, 7) is 0. The van der Waals surface area contributed by atoms with E-state index in [2.05, 4.69) is 16.0 Å². The molecule has 6 N–H and O–H groups in total. The van der Waals surface area contributed by atoms with Crippen molar-refractivity contribution in [3.05, 3.63) is 35.9 Å². The summed E-state index contributed by atoms with van der Waals surface area (Å²) in [5.74, 6) is -0.846. The molecule has 0 saturated carbocycles. The molecule has 1 aromatic rings. The van der Waals surface area contributed by atoms with E-state index in [1.165, 1.54) is 35.3 Å². The van der Waals surface area contributed by atoms with Gasteiger partial charge >= 0.3 is 5.97 Å². The van der Waals surface area contributed by atoms with Crippen LogP contribution in [0.4, 0.5) is 0 Å². The van der Waals surface area contributed by atoms with Gasteiger partial charge in [0.05, 0.1) is 6.04 Å². The van der Waals surface area contributed by atoms with E-state index >= 15 is 0 Å². The number of carboxylic acids is 1. The summed E-state index contributed by atoms with van der Waals surface area (Å²) in [6, 6.07) is 5.70. The maximum atomic E-state index is 13.2. The van der Waals surface area contributed by atoms with Crippen LogP contribution >= 0.6 is 35.3 Å². The minimum Gasteiger partial charge on any atom is -0.480 e. The van der Waals surface area contributed by atoms with Gasteiger partial charge in [-0.2, -0.15) is 35.3 Å². The number of hydrogen-bond acceptors (Lipinski definition) is 8. The van der Waals surface area contributed by atoms with Crippen LogP contribution in [0.5, 0.6) is 0 Å². The fourth-order valence-electron chi connectivity index (χ4n) is 3.29. The van der Waals surface area contributed by atoms with Gasteiger partial charge in [-0.15, -0.1) is 0 Å². The number of nitrogens with two attached hydrogens (primary N) is 1. The number of nitrogens with one attached hydrogen (secondary N) is 3. The number of aliphatic carboxylic acids is 1. The predicted molar refractivity (Wildman–Crippen MR) is 151 cm³/mol. The summed E-state index contributed by atoms with van der Waals surface area (Å²) in [4.78, 5) is 50.4. The van der Waals surface area contributed by atoms with Gasteiger partial charge in [-0.25, -0.2) is 4.79 Å². The molecule has 0 radical (unpaired) electrons. The van der Waals surface area contributed by atoms with Gasteiger partial charge in [-0.3, -0.25) is 14.4 Å². The zero-order valence-electron chi connectivity index (χ0n) is 21.0. The summed E-state index contributed by atoms with van der Waals surface area (Å²) >= 11 is 4.53. The van der Waals surface area contributed by atoms with Crippen molar-refractivity contribution in [2.24, 2.45) is 5.73 Å². The van der Waals surface area contributed by atoms with Crippen molar-refractivity contribution in [1.29, 1.82) is 0 Å². The number of thioether (sulfide) groups is 3. The Bertz CT molecular complexity index is 831. The third kappa shape index (κ3) is 12.4. The van der Waals surface area contributed by atoms with Crippen molar-refractivity contribution in [2.75, 3.05) is 36.0 Å². The standard InChI is InChI=1S/C24H38N4O5S3/c1-34-12-9-18(26-21(29)17(25)15-16-7-5-4-6-8-16)22(30)27-19(10-13-35-2)23(31)28-20(24(32)33)11-14-36-3/h4-8,17-20H,9-15,25H2,1-3H3,(H,26,29)(H,27,30)(H,28,31)(H,32,33). The Morgan fingerprint density at radius 3 is 1.61 bits per heavy atom. The zero-order valence-corrected chi connectivity index (χ0v) is 23.5. The molecule has 3 amide bonds. The second-order valence-electron chi connectivity index (χ2n) is 8.16. The van der Waals surface area contributed by atoms with Crippen LogP contribution in [-0.4, -0.2) is 89.0 Å². The summed E-state index contributed by atoms with van der Waals surface area (Å²) < 4.78 is 0. The molecule has 12 heteroatoms. The highest BCUT2D eigenvalue weighted by Crippen LogP contribution is 2.08. The normalized spacial score (nSPS) is 14.2. The van der Waals surface area contributed by atoms with E-state index in [1.807, 2.05) is 49.1 Å². The molecular weight excluding hydrogens is 520 g/mol. The van der Waals surface area contributed by atoms with E-state index in [-0.39, 0.29) is 6.42 Å². The second kappa shape index (κ2) is 18.4. The van der Waals surface area contributed by atoms with Gasteiger partial charge < -0.3 is 26.8 Å². The van der Waals surface area contributed by atoms with Crippen molar-refractivity contribution in [3.8, 4) is 0 Å². The number of carbonyl (C=O) groups is 4. The fourth-order valence-corrected chi connectivity index (χ4v) is 4.70. The molecular formula is C24H38N4O5S3. The topological polar surface area (TPSA) is 151 Å². The monoisotopic (exact) mass is 558 g/mol. The lowest BCUT2D eigenvalue weighted by molar-refractivity contribution is -0.142. The first-order valence-corrected chi connectivity index (χ1v) is 15.8. The first-order valence-electron chi connectivity index (χ1n) is 11.6. The third-order valence-corrected chi connectivity index (χ3v) is 7.28. The summed E-state index contributed by atoms with van der Waals surface area (Å²) in [7, 11) is 0. The molecule has 0 aliphatic rings. The quantitative estimate of drug-likeness (QED) is 0.180. The van der Waals surface area contributed by atoms with Gasteiger partial charge in [0.2, 0.25) is 17.7 Å². The minimum absolute atomic E-state index is 0.275. The largest absolute Gasteiger partial charge is 0.480 e. The highest BCUT2D eigenvalue weighted by Gasteiger charge is 2.30. The Morgan fingerprint density at radius 1 is 0.750 bits per heavy atom. The Balaban J connectivity index is 2.89. The molecule has 0 fully saturated rings. The lowest BCUT2D eigenvalue weighted by atomic mass is 10.1. The molecule has 202 valence electrons. The third-order valence-electron chi connectivity index (χ3n) is 5.35. The van der Waals surface area contributed by atoms with Gasteiger partial charge in [-0.1, -0.05) is 30.3 Å². The Morgan fingerprint density at radius 2 is 1.17 bits per heavy atom. The minimum atomic E-state index is -1.12. The SMILES string of the molecule is CSCCC(NC(=O)C(CCSC)NC(=O)C(CCSC)NC(=O)C(N)Cc1ccccc1)C(=O)O. The van der Waals surface area contributed by atoms with Crippen LogP contribution in [0, 0.1) is 0 Å². The van der Waals surface area contributed by atoms with Crippen LogP contribution in [-0.2, 0) is 25.6 Å². The molecule has 1 rings (SSSR count). The van der Waals surface area contributed by atoms with E-state index in [0.29, 0.717) is 36.5 Å². The number of rotatable bonds is 18. The Labute approximate surface area is 226 Å². The lowest BCUT2D eigenvalue weighted by Crippen LogP contribution is -2.57. The molecule has 0 aromatic heterocycles. The molecule has 4 atom stereocenters. The van der Waals surface area contributed by atoms with Crippen LogP contribution in [0.25, 0.3) is 0 Å². The highest BCUT2D eigenvalue weighted by atomic mass is 32.2. The maximum absolute atomic E-state index is 13.2. The van der Waals surface area contributed by atoms with Crippen molar-refractivity contribution < 1.29 is 24.3 Å². The Hall–Kier alpha value is -1.89. The van der Waals surface area contributed by atoms with Gasteiger partial charge in [-0.05, 0) is 67.3 Å². The van der Waals surface area contributed by atoms with Gasteiger partial charge in [0.1, 0.15) is 18.1 Å². The predicted octanol–water partition coefficient (Wildman–Crippen LogP) is 1.35. The van der Waals surface area contributed by atoms with Crippen LogP contribution in [0.1, 0.15) is 24.8 Å². The van der Waals surface area contributed by atoms with Crippen molar-refractivity contribution >= 4 is 59.0 Å². The van der Waals surface area contributed by atoms with Gasteiger partial charge in [0, 0.05) is 0 Å². The zero-order chi connectivity index (χ0) is 26.9. The molecule has 9 nitrogen and oxygen atoms in total. The number of amides is 3. The maximum Gasteiger partial charge on any atom is 0.326 e. The van der Waals surface area contributed by atoms with E-state index in [1.54, 1.807) is 0 Å². The molecule has 0 aliphatic carbocycles. The van der Waals surface area contributed by atoms with Crippen LogP contribution in [0.15, 0.2) is 30.3 Å². The first kappa shape index (κ1) is 32.1. The molecule has 0 aliphatic heterocycles. The van der Waals surface area contributed by atoms with E-state index in [4.69, 9.17) is 5.73 Å². The Kier molecular flexibility index (Phi) is 16.4. The lowest BCUT2D eigenvalue weighted by Gasteiger charge is -2.25. The summed E-state index contributed by atoms with van der Waals surface area (Å²) in [5.41, 5.74) is 7.00. The first-order chi connectivity index (χ1) is 17.2. The van der Waals surface area contributed by atoms with E-state index in [9.17, 15) is 24.3 Å². The summed E-state index contributed by atoms with van der Waals surface area (Å²) in [5, 5.41) is 17.5. The molecule has 0 bridgehead atoms. The molecule has 0 heterocycles. The van der Waals surface area contributed by atoms with Crippen molar-refractivity contribution in [3.63, 3.8) is 0 Å². The smallest absolute Gasteiger partial charge is 0.326 e. The van der Waals surface area contributed by atoms with Gasteiger partial charge in [0.25, 0.3) is 0 Å². The van der Waals surface area contributed by atoms with E-state index < -0.39 is 47.9 Å². The summed E-state index contributed by atoms with van der Waals surface area (Å²) in [6.07, 6.45) is 6.92. The molecule has 36 heavy (non-hydrogen) atoms. The average Bonchev–Trinajstić information content (AvgIpc) is 2.86.